The van der Waals surface area contributed by atoms with Crippen molar-refractivity contribution in [1.82, 2.24) is 5.43 Å². The van der Waals surface area contributed by atoms with E-state index >= 15 is 0 Å². The van der Waals surface area contributed by atoms with Gasteiger partial charge in [-0.05, 0) is 25.1 Å². The van der Waals surface area contributed by atoms with Gasteiger partial charge in [0.1, 0.15) is 0 Å². The quantitative estimate of drug-likeness (QED) is 0.674. The zero-order valence-corrected chi connectivity index (χ0v) is 12.2. The van der Waals surface area contributed by atoms with Crippen molar-refractivity contribution in [3.05, 3.63) is 69.2 Å². The van der Waals surface area contributed by atoms with E-state index in [1.807, 2.05) is 19.1 Å². The fraction of sp³-hybridized carbons (Fsp3) is 0.0667. The molecule has 1 amide bonds. The van der Waals surface area contributed by atoms with Crippen LogP contribution in [-0.2, 0) is 0 Å². The number of halogens is 2. The van der Waals surface area contributed by atoms with Gasteiger partial charge in [0.15, 0.2) is 0 Å². The Hall–Kier alpha value is -1.84. The number of aryl methyl sites for hydroxylation is 1. The third-order valence-electron chi connectivity index (χ3n) is 2.66. The van der Waals surface area contributed by atoms with Gasteiger partial charge in [-0.25, -0.2) is 5.43 Å². The number of nitrogens with one attached hydrogen (secondary N) is 1. The second-order valence-corrected chi connectivity index (χ2v) is 4.99. The number of amides is 1. The predicted octanol–water partition coefficient (Wildman–Crippen LogP) is 4.07. The number of hydrogen-bond donors (Lipinski definition) is 1. The largest absolute Gasteiger partial charge is 0.271 e. The lowest BCUT2D eigenvalue weighted by Gasteiger charge is -2.01. The third-order valence-corrected chi connectivity index (χ3v) is 3.50. The Labute approximate surface area is 127 Å². The van der Waals surface area contributed by atoms with E-state index in [2.05, 4.69) is 10.5 Å². The van der Waals surface area contributed by atoms with E-state index in [-0.39, 0.29) is 5.91 Å². The van der Waals surface area contributed by atoms with Crippen molar-refractivity contribution in [2.45, 2.75) is 6.92 Å². The SMILES string of the molecule is Cc1ccc(C(=O)NN=Cc2cccc(Cl)c2Cl)cc1. The van der Waals surface area contributed by atoms with Crippen LogP contribution >= 0.6 is 23.2 Å². The zero-order chi connectivity index (χ0) is 14.5. The molecule has 3 nitrogen and oxygen atoms in total. The number of rotatable bonds is 3. The second-order valence-electron chi connectivity index (χ2n) is 4.21. The second kappa shape index (κ2) is 6.55. The van der Waals surface area contributed by atoms with E-state index in [9.17, 15) is 4.79 Å². The fourth-order valence-electron chi connectivity index (χ4n) is 1.55. The van der Waals surface area contributed by atoms with E-state index in [4.69, 9.17) is 23.2 Å². The maximum absolute atomic E-state index is 11.8. The average molecular weight is 307 g/mol. The number of benzene rings is 2. The van der Waals surface area contributed by atoms with Gasteiger partial charge in [-0.1, -0.05) is 53.0 Å². The van der Waals surface area contributed by atoms with Crippen LogP contribution in [0.4, 0.5) is 0 Å². The topological polar surface area (TPSA) is 41.5 Å². The smallest absolute Gasteiger partial charge is 0.267 e. The molecule has 0 heterocycles. The highest BCUT2D eigenvalue weighted by molar-refractivity contribution is 6.43. The molecule has 0 fully saturated rings. The Morgan fingerprint density at radius 1 is 1.15 bits per heavy atom. The molecule has 0 saturated heterocycles. The lowest BCUT2D eigenvalue weighted by molar-refractivity contribution is 0.0955. The first kappa shape index (κ1) is 14.6. The van der Waals surface area contributed by atoms with Gasteiger partial charge in [0.05, 0.1) is 16.3 Å². The molecule has 1 N–H and O–H groups in total. The van der Waals surface area contributed by atoms with Gasteiger partial charge in [-0.15, -0.1) is 0 Å². The highest BCUT2D eigenvalue weighted by atomic mass is 35.5. The summed E-state index contributed by atoms with van der Waals surface area (Å²) in [5.74, 6) is -0.278. The van der Waals surface area contributed by atoms with Crippen LogP contribution in [0.3, 0.4) is 0 Å². The minimum absolute atomic E-state index is 0.278. The summed E-state index contributed by atoms with van der Waals surface area (Å²) < 4.78 is 0. The molecule has 0 saturated carbocycles. The maximum Gasteiger partial charge on any atom is 0.271 e. The minimum atomic E-state index is -0.278. The van der Waals surface area contributed by atoms with E-state index in [1.54, 1.807) is 30.3 Å². The van der Waals surface area contributed by atoms with Crippen LogP contribution in [0.15, 0.2) is 47.6 Å². The van der Waals surface area contributed by atoms with Crippen molar-refractivity contribution in [1.29, 1.82) is 0 Å². The number of carbonyl (C=O) groups is 1. The van der Waals surface area contributed by atoms with Crippen LogP contribution < -0.4 is 5.43 Å². The van der Waals surface area contributed by atoms with E-state index in [0.29, 0.717) is 21.2 Å². The molecule has 2 aromatic rings. The Morgan fingerprint density at radius 2 is 1.85 bits per heavy atom. The molecule has 0 spiro atoms. The van der Waals surface area contributed by atoms with Crippen LogP contribution in [0, 0.1) is 6.92 Å². The molecule has 5 heteroatoms. The van der Waals surface area contributed by atoms with E-state index in [0.717, 1.165) is 5.56 Å². The van der Waals surface area contributed by atoms with Gasteiger partial charge >= 0.3 is 0 Å². The van der Waals surface area contributed by atoms with Crippen LogP contribution in [0.1, 0.15) is 21.5 Å². The predicted molar refractivity (Wildman–Crippen MR) is 82.7 cm³/mol. The summed E-state index contributed by atoms with van der Waals surface area (Å²) in [6.07, 6.45) is 1.46. The lowest BCUT2D eigenvalue weighted by Crippen LogP contribution is -2.17. The molecule has 0 bridgehead atoms. The van der Waals surface area contributed by atoms with Gasteiger partial charge in [0.2, 0.25) is 0 Å². The van der Waals surface area contributed by atoms with Crippen molar-refractivity contribution >= 4 is 35.3 Å². The summed E-state index contributed by atoms with van der Waals surface area (Å²) in [6, 6.07) is 12.4. The minimum Gasteiger partial charge on any atom is -0.267 e. The van der Waals surface area contributed by atoms with Gasteiger partial charge < -0.3 is 0 Å². The molecule has 0 unspecified atom stereocenters. The molecule has 2 rings (SSSR count). The lowest BCUT2D eigenvalue weighted by atomic mass is 10.1. The van der Waals surface area contributed by atoms with Gasteiger partial charge in [0.25, 0.3) is 5.91 Å². The summed E-state index contributed by atoms with van der Waals surface area (Å²) in [7, 11) is 0. The van der Waals surface area contributed by atoms with Crippen LogP contribution in [0.5, 0.6) is 0 Å². The summed E-state index contributed by atoms with van der Waals surface area (Å²) in [5.41, 5.74) is 4.72. The molecule has 2 aromatic carbocycles. The normalized spacial score (nSPS) is 10.8. The van der Waals surface area contributed by atoms with Crippen molar-refractivity contribution < 1.29 is 4.79 Å². The van der Waals surface area contributed by atoms with Gasteiger partial charge in [-0.2, -0.15) is 5.10 Å². The standard InChI is InChI=1S/C15H12Cl2N2O/c1-10-5-7-11(8-6-10)15(20)19-18-9-12-3-2-4-13(16)14(12)17/h2-9H,1H3,(H,19,20). The molecular weight excluding hydrogens is 295 g/mol. The molecule has 0 radical (unpaired) electrons. The van der Waals surface area contributed by atoms with Crippen LogP contribution in [0.25, 0.3) is 0 Å². The summed E-state index contributed by atoms with van der Waals surface area (Å²) >= 11 is 11.9. The molecule has 0 aromatic heterocycles. The Balaban J connectivity index is 2.04. The monoisotopic (exact) mass is 306 g/mol. The Bertz CT molecular complexity index is 651. The Kier molecular flexibility index (Phi) is 4.77. The maximum atomic E-state index is 11.8. The first-order chi connectivity index (χ1) is 9.58. The van der Waals surface area contributed by atoms with Gasteiger partial charge in [0, 0.05) is 11.1 Å². The van der Waals surface area contributed by atoms with Crippen molar-refractivity contribution in [2.75, 3.05) is 0 Å². The number of carbonyl (C=O) groups excluding carboxylic acids is 1. The number of hydrazone groups is 1. The van der Waals surface area contributed by atoms with Crippen molar-refractivity contribution in [3.8, 4) is 0 Å². The van der Waals surface area contributed by atoms with Crippen LogP contribution in [0.2, 0.25) is 10.0 Å². The first-order valence-corrected chi connectivity index (χ1v) is 6.67. The summed E-state index contributed by atoms with van der Waals surface area (Å²) in [5, 5.41) is 4.72. The highest BCUT2D eigenvalue weighted by Crippen LogP contribution is 2.24. The van der Waals surface area contributed by atoms with E-state index in [1.165, 1.54) is 6.21 Å². The zero-order valence-electron chi connectivity index (χ0n) is 10.7. The molecule has 20 heavy (non-hydrogen) atoms. The molecule has 0 aliphatic carbocycles. The fourth-order valence-corrected chi connectivity index (χ4v) is 1.91. The molecule has 102 valence electrons. The summed E-state index contributed by atoms with van der Waals surface area (Å²) in [6.45, 7) is 1.96. The molecule has 0 aliphatic rings. The highest BCUT2D eigenvalue weighted by Gasteiger charge is 2.04. The molecule has 0 atom stereocenters. The third kappa shape index (κ3) is 3.59. The average Bonchev–Trinajstić information content (AvgIpc) is 2.44. The van der Waals surface area contributed by atoms with Crippen molar-refractivity contribution in [3.63, 3.8) is 0 Å². The first-order valence-electron chi connectivity index (χ1n) is 5.92. The van der Waals surface area contributed by atoms with Crippen LogP contribution in [-0.4, -0.2) is 12.1 Å². The molecular formula is C15H12Cl2N2O. The number of nitrogens with zero attached hydrogens (tertiary/aromatic N) is 1. The van der Waals surface area contributed by atoms with Gasteiger partial charge in [-0.3, -0.25) is 4.79 Å². The number of hydrogen-bond acceptors (Lipinski definition) is 2. The summed E-state index contributed by atoms with van der Waals surface area (Å²) in [4.78, 5) is 11.8. The van der Waals surface area contributed by atoms with E-state index < -0.39 is 0 Å². The molecule has 0 aliphatic heterocycles. The van der Waals surface area contributed by atoms with Crippen molar-refractivity contribution in [2.24, 2.45) is 5.10 Å². The Morgan fingerprint density at radius 3 is 2.55 bits per heavy atom.